The number of pyridine rings is 1. The van der Waals surface area contributed by atoms with E-state index in [0.717, 1.165) is 44.3 Å². The average Bonchev–Trinajstić information content (AvgIpc) is 2.63. The summed E-state index contributed by atoms with van der Waals surface area (Å²) in [7, 11) is 0. The lowest BCUT2D eigenvalue weighted by molar-refractivity contribution is -0.377. The monoisotopic (exact) mass is 327 g/mol. The molecule has 23 heavy (non-hydrogen) atoms. The van der Waals surface area contributed by atoms with Gasteiger partial charge in [0, 0.05) is 50.5 Å². The minimum absolute atomic E-state index is 0.877. The van der Waals surface area contributed by atoms with Crippen LogP contribution >= 0.6 is 12.2 Å². The summed E-state index contributed by atoms with van der Waals surface area (Å²) < 4.78 is 0. The highest BCUT2D eigenvalue weighted by Gasteiger charge is 2.19. The largest absolute Gasteiger partial charge is 0.368 e. The first-order valence-electron chi connectivity index (χ1n) is 8.11. The minimum Gasteiger partial charge on any atom is -0.368 e. The highest BCUT2D eigenvalue weighted by molar-refractivity contribution is 7.80. The van der Waals surface area contributed by atoms with Crippen molar-refractivity contribution in [2.45, 2.75) is 6.42 Å². The smallest absolute Gasteiger partial charge is 0.169 e. The van der Waals surface area contributed by atoms with Crippen LogP contribution in [-0.4, -0.2) is 42.7 Å². The Morgan fingerprint density at radius 2 is 1.70 bits per heavy atom. The topological polar surface area (TPSA) is 32.6 Å². The molecular formula is C18H23N4S+. The van der Waals surface area contributed by atoms with Gasteiger partial charge in [-0.15, -0.1) is 0 Å². The van der Waals surface area contributed by atoms with Crippen LogP contribution in [0.5, 0.6) is 0 Å². The molecule has 2 heterocycles. The van der Waals surface area contributed by atoms with Crippen molar-refractivity contribution in [1.29, 1.82) is 0 Å². The van der Waals surface area contributed by atoms with Crippen molar-refractivity contribution in [2.24, 2.45) is 0 Å². The van der Waals surface area contributed by atoms with E-state index in [1.54, 1.807) is 0 Å². The summed E-state index contributed by atoms with van der Waals surface area (Å²) in [6.45, 7) is 4.83. The Bertz CT molecular complexity index is 609. The van der Waals surface area contributed by atoms with Crippen molar-refractivity contribution in [3.63, 3.8) is 0 Å². The summed E-state index contributed by atoms with van der Waals surface area (Å²) in [5.74, 6) is 0. The van der Waals surface area contributed by atoms with Crippen LogP contribution in [-0.2, 0) is 6.42 Å². The summed E-state index contributed by atoms with van der Waals surface area (Å²) >= 11 is 5.54. The number of hydrogen-bond donors (Lipinski definition) is 1. The van der Waals surface area contributed by atoms with Gasteiger partial charge in [-0.2, -0.15) is 0 Å². The van der Waals surface area contributed by atoms with E-state index in [1.807, 2.05) is 18.5 Å². The van der Waals surface area contributed by atoms with Gasteiger partial charge >= 0.3 is 0 Å². The second-order valence-electron chi connectivity index (χ2n) is 5.70. The molecule has 0 aliphatic carbocycles. The number of nitrogens with one attached hydrogen (secondary N) is 2. The normalized spacial score (nSPS) is 14.6. The molecule has 120 valence electrons. The van der Waals surface area contributed by atoms with Gasteiger partial charge in [-0.1, -0.05) is 30.3 Å². The summed E-state index contributed by atoms with van der Waals surface area (Å²) in [4.78, 5) is 7.74. The van der Waals surface area contributed by atoms with Crippen LogP contribution in [0, 0.1) is 0 Å². The lowest BCUT2D eigenvalue weighted by atomic mass is 10.1. The van der Waals surface area contributed by atoms with Gasteiger partial charge in [0.25, 0.3) is 0 Å². The Labute approximate surface area is 143 Å². The molecule has 0 amide bonds. The molecular weight excluding hydrogens is 304 g/mol. The third-order valence-corrected chi connectivity index (χ3v) is 4.57. The zero-order valence-corrected chi connectivity index (χ0v) is 14.1. The molecule has 2 N–H and O–H groups in total. The minimum atomic E-state index is 0.877. The van der Waals surface area contributed by atoms with Crippen LogP contribution in [0.4, 0.5) is 5.69 Å². The Morgan fingerprint density at radius 1 is 1.00 bits per heavy atom. The second kappa shape index (κ2) is 7.92. The van der Waals surface area contributed by atoms with E-state index in [1.165, 1.54) is 11.3 Å². The van der Waals surface area contributed by atoms with Crippen LogP contribution < -0.4 is 15.2 Å². The fourth-order valence-electron chi connectivity index (χ4n) is 2.83. The molecule has 4 nitrogen and oxygen atoms in total. The van der Waals surface area contributed by atoms with Gasteiger partial charge in [0.2, 0.25) is 0 Å². The number of anilines is 1. The number of aromatic nitrogens is 1. The van der Waals surface area contributed by atoms with Crippen molar-refractivity contribution < 1.29 is 4.98 Å². The number of hydrogen-bond acceptors (Lipinski definition) is 2. The van der Waals surface area contributed by atoms with Gasteiger partial charge in [0.1, 0.15) is 0 Å². The number of aromatic amines is 1. The van der Waals surface area contributed by atoms with Gasteiger partial charge in [-0.05, 0) is 24.2 Å². The first-order chi connectivity index (χ1) is 11.3. The molecule has 3 rings (SSSR count). The van der Waals surface area contributed by atoms with Gasteiger partial charge in [-0.25, -0.2) is 4.98 Å². The number of thiocarbonyl (C=S) groups is 1. The molecule has 1 aromatic heterocycles. The van der Waals surface area contributed by atoms with E-state index in [0.29, 0.717) is 0 Å². The highest BCUT2D eigenvalue weighted by Crippen LogP contribution is 2.14. The first kappa shape index (κ1) is 15.7. The molecule has 1 saturated heterocycles. The molecule has 0 radical (unpaired) electrons. The van der Waals surface area contributed by atoms with E-state index in [2.05, 4.69) is 56.5 Å². The SMILES string of the molecule is S=C(NCCc1ccccc1)N1CCN(c2cc[nH+]cc2)CC1. The zero-order chi connectivity index (χ0) is 15.9. The quantitative estimate of drug-likeness (QED) is 0.867. The maximum absolute atomic E-state index is 5.54. The van der Waals surface area contributed by atoms with Gasteiger partial charge in [-0.3, -0.25) is 0 Å². The van der Waals surface area contributed by atoms with E-state index in [9.17, 15) is 0 Å². The predicted molar refractivity (Wildman–Crippen MR) is 97.5 cm³/mol. The molecule has 0 bridgehead atoms. The van der Waals surface area contributed by atoms with Crippen molar-refractivity contribution in [2.75, 3.05) is 37.6 Å². The maximum Gasteiger partial charge on any atom is 0.169 e. The summed E-state index contributed by atoms with van der Waals surface area (Å²) in [6, 6.07) is 14.7. The summed E-state index contributed by atoms with van der Waals surface area (Å²) in [5.41, 5.74) is 2.61. The van der Waals surface area contributed by atoms with Crippen LogP contribution in [0.25, 0.3) is 0 Å². The molecule has 1 fully saturated rings. The fraction of sp³-hybridized carbons (Fsp3) is 0.333. The summed E-state index contributed by atoms with van der Waals surface area (Å²) in [6.07, 6.45) is 4.94. The third kappa shape index (κ3) is 4.42. The molecule has 0 unspecified atom stereocenters. The number of piperazine rings is 1. The third-order valence-electron chi connectivity index (χ3n) is 4.17. The second-order valence-corrected chi connectivity index (χ2v) is 6.09. The predicted octanol–water partition coefficient (Wildman–Crippen LogP) is 1.74. The zero-order valence-electron chi connectivity index (χ0n) is 13.2. The number of rotatable bonds is 4. The van der Waals surface area contributed by atoms with Crippen molar-refractivity contribution in [3.05, 3.63) is 60.4 Å². The van der Waals surface area contributed by atoms with Crippen LogP contribution in [0.15, 0.2) is 54.9 Å². The van der Waals surface area contributed by atoms with Crippen LogP contribution in [0.2, 0.25) is 0 Å². The molecule has 1 aliphatic rings. The molecule has 5 heteroatoms. The molecule has 0 saturated carbocycles. The van der Waals surface area contributed by atoms with E-state index in [4.69, 9.17) is 12.2 Å². The van der Waals surface area contributed by atoms with E-state index < -0.39 is 0 Å². The molecule has 1 aromatic carbocycles. The van der Waals surface area contributed by atoms with Crippen molar-refractivity contribution >= 4 is 23.0 Å². The lowest BCUT2D eigenvalue weighted by Crippen LogP contribution is -2.52. The molecule has 0 atom stereocenters. The first-order valence-corrected chi connectivity index (χ1v) is 8.51. The Kier molecular flexibility index (Phi) is 5.42. The number of H-pyrrole nitrogens is 1. The van der Waals surface area contributed by atoms with Crippen LogP contribution in [0.3, 0.4) is 0 Å². The van der Waals surface area contributed by atoms with Crippen molar-refractivity contribution in [1.82, 2.24) is 10.2 Å². The fourth-order valence-corrected chi connectivity index (χ4v) is 3.11. The molecule has 0 spiro atoms. The number of nitrogens with zero attached hydrogens (tertiary/aromatic N) is 2. The van der Waals surface area contributed by atoms with Gasteiger partial charge in [0.05, 0.1) is 0 Å². The summed E-state index contributed by atoms with van der Waals surface area (Å²) in [5, 5.41) is 4.27. The molecule has 2 aromatic rings. The van der Waals surface area contributed by atoms with E-state index in [-0.39, 0.29) is 0 Å². The van der Waals surface area contributed by atoms with Gasteiger partial charge in [0.15, 0.2) is 17.5 Å². The average molecular weight is 327 g/mol. The standard InChI is InChI=1S/C18H22N4S/c23-18(20-11-6-16-4-2-1-3-5-16)22-14-12-21(13-15-22)17-7-9-19-10-8-17/h1-5,7-10H,6,11-15H2,(H,20,23)/p+1. The Hall–Kier alpha value is -2.14. The van der Waals surface area contributed by atoms with Gasteiger partial charge < -0.3 is 15.1 Å². The lowest BCUT2D eigenvalue weighted by Gasteiger charge is -2.37. The maximum atomic E-state index is 5.54. The molecule has 1 aliphatic heterocycles. The Morgan fingerprint density at radius 3 is 2.39 bits per heavy atom. The highest BCUT2D eigenvalue weighted by atomic mass is 32.1. The number of benzene rings is 1. The van der Waals surface area contributed by atoms with E-state index >= 15 is 0 Å². The Balaban J connectivity index is 1.41. The van der Waals surface area contributed by atoms with Crippen LogP contribution in [0.1, 0.15) is 5.56 Å². The van der Waals surface area contributed by atoms with Crippen molar-refractivity contribution in [3.8, 4) is 0 Å².